The van der Waals surface area contributed by atoms with Gasteiger partial charge in [-0.15, -0.1) is 0 Å². The Morgan fingerprint density at radius 2 is 2.00 bits per heavy atom. The Kier molecular flexibility index (Phi) is 4.36. The zero-order valence-electron chi connectivity index (χ0n) is 13.2. The summed E-state index contributed by atoms with van der Waals surface area (Å²) in [6.07, 6.45) is 1.59. The van der Waals surface area contributed by atoms with Gasteiger partial charge in [-0.1, -0.05) is 23.7 Å². The van der Waals surface area contributed by atoms with Crippen molar-refractivity contribution in [3.63, 3.8) is 0 Å². The molecular weight excluding hydrogens is 328 g/mol. The van der Waals surface area contributed by atoms with Crippen LogP contribution in [0.5, 0.6) is 5.75 Å². The van der Waals surface area contributed by atoms with Crippen molar-refractivity contribution in [1.82, 2.24) is 4.98 Å². The minimum absolute atomic E-state index is 0.0141. The highest BCUT2D eigenvalue weighted by Crippen LogP contribution is 2.41. The molecule has 0 atom stereocenters. The second-order valence-electron chi connectivity index (χ2n) is 5.61. The Bertz CT molecular complexity index is 925. The third-order valence-electron chi connectivity index (χ3n) is 3.52. The molecule has 6 heteroatoms. The van der Waals surface area contributed by atoms with Gasteiger partial charge in [-0.25, -0.2) is 0 Å². The fraction of sp³-hybridized carbons (Fsp3) is 0.167. The molecule has 0 aliphatic rings. The fourth-order valence-corrected chi connectivity index (χ4v) is 2.79. The minimum atomic E-state index is -0.423. The number of rotatable bonds is 4. The lowest BCUT2D eigenvalue weighted by molar-refractivity contribution is -0.384. The van der Waals surface area contributed by atoms with Gasteiger partial charge >= 0.3 is 0 Å². The number of pyridine rings is 1. The number of ether oxygens (including phenoxy) is 1. The molecule has 0 saturated heterocycles. The molecule has 0 fully saturated rings. The molecule has 5 nitrogen and oxygen atoms in total. The van der Waals surface area contributed by atoms with Crippen LogP contribution < -0.4 is 4.74 Å². The Labute approximate surface area is 144 Å². The van der Waals surface area contributed by atoms with E-state index >= 15 is 0 Å². The van der Waals surface area contributed by atoms with E-state index in [4.69, 9.17) is 16.3 Å². The largest absolute Gasteiger partial charge is 0.488 e. The highest BCUT2D eigenvalue weighted by molar-refractivity contribution is 6.36. The second kappa shape index (κ2) is 6.45. The monoisotopic (exact) mass is 342 g/mol. The van der Waals surface area contributed by atoms with Crippen LogP contribution in [0.15, 0.2) is 48.7 Å². The van der Waals surface area contributed by atoms with Crippen molar-refractivity contribution < 1.29 is 9.66 Å². The highest BCUT2D eigenvalue weighted by atomic mass is 35.5. The Balaban J connectivity index is 2.30. The molecule has 0 amide bonds. The molecule has 0 spiro atoms. The molecule has 0 aliphatic carbocycles. The lowest BCUT2D eigenvalue weighted by Gasteiger charge is -2.17. The highest BCUT2D eigenvalue weighted by Gasteiger charge is 2.18. The predicted molar refractivity (Wildman–Crippen MR) is 94.6 cm³/mol. The van der Waals surface area contributed by atoms with Gasteiger partial charge in [0.2, 0.25) is 0 Å². The average Bonchev–Trinajstić information content (AvgIpc) is 2.57. The van der Waals surface area contributed by atoms with Crippen LogP contribution in [-0.4, -0.2) is 16.0 Å². The molecule has 0 N–H and O–H groups in total. The van der Waals surface area contributed by atoms with E-state index in [1.807, 2.05) is 19.9 Å². The molecule has 3 rings (SSSR count). The summed E-state index contributed by atoms with van der Waals surface area (Å²) in [6.45, 7) is 3.83. The SMILES string of the molecule is CC(C)Oc1c(-c2cccc([N+](=O)[O-])c2)cc(Cl)c2cccnc12. The van der Waals surface area contributed by atoms with E-state index in [0.717, 1.165) is 5.39 Å². The van der Waals surface area contributed by atoms with Crippen LogP contribution in [0.25, 0.3) is 22.0 Å². The summed E-state index contributed by atoms with van der Waals surface area (Å²) in [4.78, 5) is 15.0. The molecule has 3 aromatic rings. The maximum Gasteiger partial charge on any atom is 0.270 e. The number of nitrogens with zero attached hydrogens (tertiary/aromatic N) is 2. The summed E-state index contributed by atoms with van der Waals surface area (Å²) in [7, 11) is 0. The molecule has 122 valence electrons. The molecule has 2 aromatic carbocycles. The first-order valence-corrected chi connectivity index (χ1v) is 7.84. The first kappa shape index (κ1) is 16.2. The van der Waals surface area contributed by atoms with E-state index in [1.54, 1.807) is 30.5 Å². The third-order valence-corrected chi connectivity index (χ3v) is 3.83. The van der Waals surface area contributed by atoms with Gasteiger partial charge in [0.15, 0.2) is 5.75 Å². The number of hydrogen-bond donors (Lipinski definition) is 0. The molecule has 0 saturated carbocycles. The minimum Gasteiger partial charge on any atom is -0.488 e. The van der Waals surface area contributed by atoms with Crippen LogP contribution in [0, 0.1) is 10.1 Å². The molecular formula is C18H15ClN2O3. The smallest absolute Gasteiger partial charge is 0.270 e. The van der Waals surface area contributed by atoms with E-state index in [2.05, 4.69) is 4.98 Å². The summed E-state index contributed by atoms with van der Waals surface area (Å²) in [5, 5.41) is 12.4. The van der Waals surface area contributed by atoms with Crippen molar-refractivity contribution in [2.45, 2.75) is 20.0 Å². The summed E-state index contributed by atoms with van der Waals surface area (Å²) >= 11 is 6.39. The van der Waals surface area contributed by atoms with Gasteiger partial charge in [-0.2, -0.15) is 0 Å². The molecule has 24 heavy (non-hydrogen) atoms. The van der Waals surface area contributed by atoms with Gasteiger partial charge in [0.25, 0.3) is 5.69 Å². The molecule has 1 aromatic heterocycles. The topological polar surface area (TPSA) is 65.3 Å². The lowest BCUT2D eigenvalue weighted by atomic mass is 10.0. The van der Waals surface area contributed by atoms with Gasteiger partial charge in [-0.3, -0.25) is 15.1 Å². The number of hydrogen-bond acceptors (Lipinski definition) is 4. The van der Waals surface area contributed by atoms with Crippen molar-refractivity contribution in [2.24, 2.45) is 0 Å². The van der Waals surface area contributed by atoms with Crippen molar-refractivity contribution in [1.29, 1.82) is 0 Å². The van der Waals surface area contributed by atoms with E-state index in [9.17, 15) is 10.1 Å². The number of aromatic nitrogens is 1. The number of nitro benzene ring substituents is 1. The van der Waals surface area contributed by atoms with E-state index < -0.39 is 4.92 Å². The van der Waals surface area contributed by atoms with Gasteiger partial charge in [-0.05, 0) is 37.6 Å². The lowest BCUT2D eigenvalue weighted by Crippen LogP contribution is -2.07. The number of fused-ring (bicyclic) bond motifs is 1. The first-order chi connectivity index (χ1) is 11.5. The molecule has 0 radical (unpaired) electrons. The van der Waals surface area contributed by atoms with Crippen LogP contribution >= 0.6 is 11.6 Å². The van der Waals surface area contributed by atoms with Gasteiger partial charge in [0.05, 0.1) is 16.0 Å². The zero-order valence-corrected chi connectivity index (χ0v) is 13.9. The maximum absolute atomic E-state index is 11.1. The Morgan fingerprint density at radius 3 is 2.71 bits per heavy atom. The standard InChI is InChI=1S/C18H15ClN2O3/c1-11(2)24-18-15(12-5-3-6-13(9-12)21(22)23)10-16(19)14-7-4-8-20-17(14)18/h3-11H,1-2H3. The van der Waals surface area contributed by atoms with E-state index in [1.165, 1.54) is 12.1 Å². The Hall–Kier alpha value is -2.66. The van der Waals surface area contributed by atoms with Crippen LogP contribution in [0.2, 0.25) is 5.02 Å². The van der Waals surface area contributed by atoms with Crippen LogP contribution in [-0.2, 0) is 0 Å². The quantitative estimate of drug-likeness (QED) is 0.479. The van der Waals surface area contributed by atoms with Gasteiger partial charge in [0, 0.05) is 29.3 Å². The van der Waals surface area contributed by atoms with Crippen molar-refractivity contribution in [3.8, 4) is 16.9 Å². The molecule has 1 heterocycles. The number of halogens is 1. The van der Waals surface area contributed by atoms with Crippen LogP contribution in [0.1, 0.15) is 13.8 Å². The zero-order chi connectivity index (χ0) is 17.3. The van der Waals surface area contributed by atoms with Gasteiger partial charge < -0.3 is 4.74 Å². The first-order valence-electron chi connectivity index (χ1n) is 7.46. The van der Waals surface area contributed by atoms with Crippen molar-refractivity contribution in [2.75, 3.05) is 0 Å². The third kappa shape index (κ3) is 3.03. The fourth-order valence-electron chi connectivity index (χ4n) is 2.53. The molecule has 0 unspecified atom stereocenters. The molecule has 0 aliphatic heterocycles. The number of non-ortho nitro benzene ring substituents is 1. The summed E-state index contributed by atoms with van der Waals surface area (Å²) in [5.41, 5.74) is 2.00. The van der Waals surface area contributed by atoms with E-state index in [0.29, 0.717) is 27.4 Å². The second-order valence-corrected chi connectivity index (χ2v) is 6.02. The summed E-state index contributed by atoms with van der Waals surface area (Å²) in [5.74, 6) is 0.575. The van der Waals surface area contributed by atoms with Crippen LogP contribution in [0.3, 0.4) is 0 Å². The van der Waals surface area contributed by atoms with Crippen molar-refractivity contribution in [3.05, 3.63) is 63.8 Å². The summed E-state index contributed by atoms with van der Waals surface area (Å²) in [6, 6.07) is 11.8. The average molecular weight is 343 g/mol. The van der Waals surface area contributed by atoms with Crippen molar-refractivity contribution >= 4 is 28.2 Å². The number of nitro groups is 1. The van der Waals surface area contributed by atoms with Crippen LogP contribution in [0.4, 0.5) is 5.69 Å². The molecule has 0 bridgehead atoms. The van der Waals surface area contributed by atoms with Gasteiger partial charge in [0.1, 0.15) is 5.52 Å². The summed E-state index contributed by atoms with van der Waals surface area (Å²) < 4.78 is 5.98. The normalized spacial score (nSPS) is 11.0. The van der Waals surface area contributed by atoms with E-state index in [-0.39, 0.29) is 11.8 Å². The maximum atomic E-state index is 11.1. The number of benzene rings is 2. The predicted octanol–water partition coefficient (Wildman–Crippen LogP) is 5.25. The Morgan fingerprint density at radius 1 is 1.21 bits per heavy atom.